The van der Waals surface area contributed by atoms with Crippen LogP contribution in [0.2, 0.25) is 0 Å². The molecule has 2 aliphatic carbocycles. The number of rotatable bonds is 6. The summed E-state index contributed by atoms with van der Waals surface area (Å²) in [4.78, 5) is 8.61. The van der Waals surface area contributed by atoms with Crippen molar-refractivity contribution in [3.8, 4) is 11.3 Å². The summed E-state index contributed by atoms with van der Waals surface area (Å²) in [5, 5.41) is 16.5. The number of nitrogens with zero attached hydrogens (tertiary/aromatic N) is 2. The van der Waals surface area contributed by atoms with Gasteiger partial charge in [-0.1, -0.05) is 18.2 Å². The first-order valence-corrected chi connectivity index (χ1v) is 10.7. The monoisotopic (exact) mass is 440 g/mol. The molecule has 0 spiro atoms. The van der Waals surface area contributed by atoms with Crippen molar-refractivity contribution in [3.63, 3.8) is 0 Å². The van der Waals surface area contributed by atoms with E-state index in [1.54, 1.807) is 6.07 Å². The normalized spacial score (nSPS) is 17.8. The number of nitrogens with one attached hydrogen (secondary N) is 2. The molecule has 1 aromatic heterocycles. The topological polar surface area (TPSA) is 70.1 Å². The Hall–Kier alpha value is -3.13. The molecule has 5 nitrogen and oxygen atoms in total. The molecule has 1 atom stereocenters. The van der Waals surface area contributed by atoms with Crippen LogP contribution in [0.3, 0.4) is 0 Å². The highest BCUT2D eigenvalue weighted by molar-refractivity contribution is 5.78. The first-order valence-electron chi connectivity index (χ1n) is 10.7. The van der Waals surface area contributed by atoms with Gasteiger partial charge in [0.05, 0.1) is 17.4 Å². The molecular formula is C24H23F3N4O. The molecule has 1 fully saturated rings. The molecule has 3 aromatic rings. The summed E-state index contributed by atoms with van der Waals surface area (Å²) in [6.45, 7) is 0.642. The summed E-state index contributed by atoms with van der Waals surface area (Å²) in [6.07, 6.45) is -0.00570. The lowest BCUT2D eigenvalue weighted by Crippen LogP contribution is -2.09. The Balaban J connectivity index is 1.46. The van der Waals surface area contributed by atoms with Crippen molar-refractivity contribution < 1.29 is 18.3 Å². The molecule has 0 radical (unpaired) electrons. The van der Waals surface area contributed by atoms with Crippen molar-refractivity contribution in [1.29, 1.82) is 0 Å². The van der Waals surface area contributed by atoms with Crippen LogP contribution in [0.15, 0.2) is 48.8 Å². The van der Waals surface area contributed by atoms with E-state index in [1.807, 2.05) is 18.2 Å². The van der Waals surface area contributed by atoms with Crippen LogP contribution in [-0.4, -0.2) is 27.7 Å². The Morgan fingerprint density at radius 2 is 1.84 bits per heavy atom. The van der Waals surface area contributed by atoms with E-state index in [9.17, 15) is 18.3 Å². The number of fused-ring (bicyclic) bond motifs is 1. The number of halogens is 3. The number of aliphatic hydroxyl groups is 1. The zero-order valence-corrected chi connectivity index (χ0v) is 17.3. The summed E-state index contributed by atoms with van der Waals surface area (Å²) in [5.41, 5.74) is 3.88. The van der Waals surface area contributed by atoms with Gasteiger partial charge in [0.1, 0.15) is 12.1 Å². The average Bonchev–Trinajstić information content (AvgIpc) is 3.51. The Morgan fingerprint density at radius 1 is 1.00 bits per heavy atom. The van der Waals surface area contributed by atoms with Gasteiger partial charge in [0.2, 0.25) is 0 Å². The average molecular weight is 440 g/mol. The van der Waals surface area contributed by atoms with E-state index in [0.717, 1.165) is 41.8 Å². The second kappa shape index (κ2) is 8.09. The molecular weight excluding hydrogens is 417 g/mol. The molecule has 2 aromatic carbocycles. The second-order valence-corrected chi connectivity index (χ2v) is 8.50. The standard InChI is InChI=1S/C24H23F3N4O/c25-24(26,27)16-6-7-18(21(9-16)28-12-14-4-5-14)22-11-23(30-13-29-22)31-20-3-1-2-15-8-17(32)10-19(15)20/h1-3,6-7,9,11,13-14,17,28,32H,4-5,8,10,12H2,(H,29,30,31)/t17-/m1/s1. The van der Waals surface area contributed by atoms with Crippen LogP contribution >= 0.6 is 0 Å². The van der Waals surface area contributed by atoms with Gasteiger partial charge < -0.3 is 15.7 Å². The SMILES string of the molecule is O[C@@H]1Cc2cccc(Nc3cc(-c4ccc(C(F)(F)F)cc4NCC4CC4)ncn3)c2C1. The molecule has 0 amide bonds. The molecule has 3 N–H and O–H groups in total. The van der Waals surface area contributed by atoms with Gasteiger partial charge in [-0.15, -0.1) is 0 Å². The molecule has 166 valence electrons. The molecule has 32 heavy (non-hydrogen) atoms. The third-order valence-corrected chi connectivity index (χ3v) is 6.00. The van der Waals surface area contributed by atoms with E-state index in [4.69, 9.17) is 0 Å². The quantitative estimate of drug-likeness (QED) is 0.492. The smallest absolute Gasteiger partial charge is 0.392 e. The summed E-state index contributed by atoms with van der Waals surface area (Å²) in [5.74, 6) is 1.05. The fourth-order valence-corrected chi connectivity index (χ4v) is 4.12. The number of benzene rings is 2. The molecule has 0 bridgehead atoms. The van der Waals surface area contributed by atoms with Gasteiger partial charge in [-0.2, -0.15) is 13.2 Å². The van der Waals surface area contributed by atoms with Gasteiger partial charge in [-0.05, 0) is 54.5 Å². The minimum atomic E-state index is -4.41. The molecule has 0 saturated heterocycles. The van der Waals surface area contributed by atoms with E-state index < -0.39 is 11.7 Å². The van der Waals surface area contributed by atoms with Crippen molar-refractivity contribution in [2.24, 2.45) is 5.92 Å². The number of hydrogen-bond acceptors (Lipinski definition) is 5. The molecule has 8 heteroatoms. The Kier molecular flexibility index (Phi) is 5.25. The second-order valence-electron chi connectivity index (χ2n) is 8.50. The molecule has 0 unspecified atom stereocenters. The maximum atomic E-state index is 13.3. The predicted molar refractivity (Wildman–Crippen MR) is 117 cm³/mol. The highest BCUT2D eigenvalue weighted by Gasteiger charge is 2.31. The Bertz CT molecular complexity index is 1140. The van der Waals surface area contributed by atoms with Gasteiger partial charge >= 0.3 is 6.18 Å². The van der Waals surface area contributed by atoms with E-state index >= 15 is 0 Å². The van der Waals surface area contributed by atoms with Crippen LogP contribution < -0.4 is 10.6 Å². The van der Waals surface area contributed by atoms with E-state index in [0.29, 0.717) is 48.1 Å². The van der Waals surface area contributed by atoms with E-state index in [2.05, 4.69) is 20.6 Å². The third-order valence-electron chi connectivity index (χ3n) is 6.00. The highest BCUT2D eigenvalue weighted by atomic mass is 19.4. The summed E-state index contributed by atoms with van der Waals surface area (Å²) >= 11 is 0. The van der Waals surface area contributed by atoms with Crippen molar-refractivity contribution in [2.75, 3.05) is 17.2 Å². The minimum absolute atomic E-state index is 0.388. The van der Waals surface area contributed by atoms with Gasteiger partial charge in [0.25, 0.3) is 0 Å². The molecule has 5 rings (SSSR count). The van der Waals surface area contributed by atoms with Crippen LogP contribution in [0.1, 0.15) is 29.5 Å². The van der Waals surface area contributed by atoms with Crippen molar-refractivity contribution in [3.05, 3.63) is 65.5 Å². The molecule has 1 saturated carbocycles. The van der Waals surface area contributed by atoms with Gasteiger partial charge in [0, 0.05) is 36.0 Å². The Labute approximate surface area is 183 Å². The zero-order valence-electron chi connectivity index (χ0n) is 17.3. The van der Waals surface area contributed by atoms with Crippen LogP contribution in [0.25, 0.3) is 11.3 Å². The fourth-order valence-electron chi connectivity index (χ4n) is 4.12. The number of aromatic nitrogens is 2. The maximum absolute atomic E-state index is 13.3. The Morgan fingerprint density at radius 3 is 2.62 bits per heavy atom. The summed E-state index contributed by atoms with van der Waals surface area (Å²) in [6, 6.07) is 11.3. The summed E-state index contributed by atoms with van der Waals surface area (Å²) < 4.78 is 39.8. The maximum Gasteiger partial charge on any atom is 0.416 e. The number of aliphatic hydroxyl groups excluding tert-OH is 1. The lowest BCUT2D eigenvalue weighted by molar-refractivity contribution is -0.137. The lowest BCUT2D eigenvalue weighted by atomic mass is 10.0. The third kappa shape index (κ3) is 4.41. The van der Waals surface area contributed by atoms with Crippen LogP contribution in [-0.2, 0) is 19.0 Å². The van der Waals surface area contributed by atoms with Gasteiger partial charge in [-0.25, -0.2) is 9.97 Å². The zero-order chi connectivity index (χ0) is 22.3. The van der Waals surface area contributed by atoms with Crippen molar-refractivity contribution >= 4 is 17.2 Å². The predicted octanol–water partition coefficient (Wildman–Crippen LogP) is 5.19. The summed E-state index contributed by atoms with van der Waals surface area (Å²) in [7, 11) is 0. The number of alkyl halides is 3. The van der Waals surface area contributed by atoms with E-state index in [1.165, 1.54) is 12.4 Å². The first-order chi connectivity index (χ1) is 15.4. The largest absolute Gasteiger partial charge is 0.416 e. The lowest BCUT2D eigenvalue weighted by Gasteiger charge is -2.16. The highest BCUT2D eigenvalue weighted by Crippen LogP contribution is 2.37. The van der Waals surface area contributed by atoms with Crippen molar-refractivity contribution in [1.82, 2.24) is 9.97 Å². The van der Waals surface area contributed by atoms with Crippen LogP contribution in [0.4, 0.5) is 30.4 Å². The minimum Gasteiger partial charge on any atom is -0.392 e. The fraction of sp³-hybridized carbons (Fsp3) is 0.333. The molecule has 2 aliphatic rings. The van der Waals surface area contributed by atoms with Crippen molar-refractivity contribution in [2.45, 2.75) is 38.0 Å². The van der Waals surface area contributed by atoms with E-state index in [-0.39, 0.29) is 6.10 Å². The number of hydrogen-bond donors (Lipinski definition) is 3. The van der Waals surface area contributed by atoms with Gasteiger partial charge in [-0.3, -0.25) is 0 Å². The first kappa shape index (κ1) is 20.8. The number of anilines is 3. The molecule has 0 aliphatic heterocycles. The molecule has 1 heterocycles. The van der Waals surface area contributed by atoms with Crippen LogP contribution in [0.5, 0.6) is 0 Å². The van der Waals surface area contributed by atoms with Gasteiger partial charge in [0.15, 0.2) is 0 Å². The van der Waals surface area contributed by atoms with Crippen LogP contribution in [0, 0.1) is 5.92 Å².